The van der Waals surface area contributed by atoms with E-state index in [9.17, 15) is 9.90 Å². The monoisotopic (exact) mass is 334 g/mol. The number of halogens is 1. The Morgan fingerprint density at radius 1 is 1.13 bits per heavy atom. The van der Waals surface area contributed by atoms with Crippen LogP contribution in [0, 0.1) is 0 Å². The highest BCUT2D eigenvalue weighted by Gasteiger charge is 2.24. The van der Waals surface area contributed by atoms with Crippen LogP contribution in [-0.4, -0.2) is 59.6 Å². The van der Waals surface area contributed by atoms with E-state index in [-0.39, 0.29) is 5.91 Å². The van der Waals surface area contributed by atoms with Crippen molar-refractivity contribution in [3.05, 3.63) is 40.9 Å². The Morgan fingerprint density at radius 2 is 1.91 bits per heavy atom. The maximum Gasteiger partial charge on any atom is 0.222 e. The molecule has 1 N–H and O–H groups in total. The van der Waals surface area contributed by atoms with Gasteiger partial charge in [-0.15, -0.1) is 0 Å². The van der Waals surface area contributed by atoms with E-state index in [1.54, 1.807) is 4.90 Å². The van der Waals surface area contributed by atoms with Crippen molar-refractivity contribution in [3.8, 4) is 0 Å². The molecule has 0 radical (unpaired) electrons. The van der Waals surface area contributed by atoms with E-state index in [0.29, 0.717) is 19.5 Å². The van der Waals surface area contributed by atoms with Crippen molar-refractivity contribution in [1.82, 2.24) is 9.80 Å². The van der Waals surface area contributed by atoms with Gasteiger partial charge in [0.1, 0.15) is 0 Å². The van der Waals surface area contributed by atoms with Gasteiger partial charge < -0.3 is 10.0 Å². The van der Waals surface area contributed by atoms with Crippen LogP contribution in [0.1, 0.15) is 24.8 Å². The normalized spacial score (nSPS) is 20.7. The molecule has 4 nitrogen and oxygen atoms in total. The minimum absolute atomic E-state index is 0.174. The van der Waals surface area contributed by atoms with Gasteiger partial charge in [-0.05, 0) is 36.1 Å². The van der Waals surface area contributed by atoms with Crippen LogP contribution in [0.15, 0.2) is 30.3 Å². The van der Waals surface area contributed by atoms with Gasteiger partial charge in [-0.1, -0.05) is 29.8 Å². The molecule has 0 aliphatic carbocycles. The van der Waals surface area contributed by atoms with Crippen LogP contribution >= 0.6 is 11.6 Å². The lowest BCUT2D eigenvalue weighted by Crippen LogP contribution is -2.42. The number of carbonyl (C=O) groups is 1. The molecule has 23 heavy (non-hydrogen) atoms. The van der Waals surface area contributed by atoms with Gasteiger partial charge in [0, 0.05) is 44.2 Å². The Morgan fingerprint density at radius 3 is 2.52 bits per heavy atom. The number of nitrogens with zero attached hydrogens (tertiary/aromatic N) is 2. The number of aliphatic hydroxyl groups excluding tert-OH is 1. The summed E-state index contributed by atoms with van der Waals surface area (Å²) in [5.41, 5.74) is 2.55. The van der Waals surface area contributed by atoms with Gasteiger partial charge in [-0.3, -0.25) is 9.69 Å². The highest BCUT2D eigenvalue weighted by atomic mass is 35.5. The van der Waals surface area contributed by atoms with E-state index in [2.05, 4.69) is 23.1 Å². The number of carbonyl (C=O) groups excluding carboxylic acids is 1. The summed E-state index contributed by atoms with van der Waals surface area (Å²) in [5.74, 6) is 0.174. The molecule has 2 aliphatic rings. The minimum atomic E-state index is -0.470. The van der Waals surface area contributed by atoms with Crippen molar-refractivity contribution in [3.63, 3.8) is 0 Å². The molecular weight excluding hydrogens is 312 g/mol. The predicted octanol–water partition coefficient (Wildman–Crippen LogP) is 2.41. The Balaban J connectivity index is 1.50. The largest absolute Gasteiger partial charge is 0.390 e. The molecule has 124 valence electrons. The van der Waals surface area contributed by atoms with Crippen molar-refractivity contribution >= 4 is 23.1 Å². The first-order chi connectivity index (χ1) is 11.1. The predicted molar refractivity (Wildman–Crippen MR) is 92.3 cm³/mol. The third-order valence-electron chi connectivity index (χ3n) is 4.58. The van der Waals surface area contributed by atoms with Crippen molar-refractivity contribution in [1.29, 1.82) is 0 Å². The Bertz CT molecular complexity index is 585. The number of hydrogen-bond acceptors (Lipinski definition) is 3. The van der Waals surface area contributed by atoms with Gasteiger partial charge in [0.2, 0.25) is 5.91 Å². The van der Waals surface area contributed by atoms with Crippen molar-refractivity contribution in [2.75, 3.05) is 32.7 Å². The highest BCUT2D eigenvalue weighted by molar-refractivity contribution is 6.30. The second kappa shape index (κ2) is 7.47. The zero-order valence-electron chi connectivity index (χ0n) is 13.2. The fourth-order valence-electron chi connectivity index (χ4n) is 3.31. The number of hydrogen-bond donors (Lipinski definition) is 1. The van der Waals surface area contributed by atoms with Crippen molar-refractivity contribution in [2.45, 2.75) is 25.4 Å². The van der Waals surface area contributed by atoms with E-state index in [0.717, 1.165) is 37.5 Å². The van der Waals surface area contributed by atoms with E-state index in [4.69, 9.17) is 11.6 Å². The van der Waals surface area contributed by atoms with Crippen LogP contribution in [0.25, 0.3) is 5.57 Å². The lowest BCUT2D eigenvalue weighted by molar-refractivity contribution is -0.129. The first kappa shape index (κ1) is 16.5. The average molecular weight is 335 g/mol. The van der Waals surface area contributed by atoms with E-state index in [1.165, 1.54) is 11.1 Å². The molecule has 1 fully saturated rings. The van der Waals surface area contributed by atoms with Crippen LogP contribution in [0.5, 0.6) is 0 Å². The highest BCUT2D eigenvalue weighted by Crippen LogP contribution is 2.24. The summed E-state index contributed by atoms with van der Waals surface area (Å²) in [6.45, 7) is 3.64. The number of rotatable bonds is 5. The fourth-order valence-corrected chi connectivity index (χ4v) is 3.44. The van der Waals surface area contributed by atoms with Crippen LogP contribution in [0.2, 0.25) is 5.02 Å². The van der Waals surface area contributed by atoms with E-state index in [1.807, 2.05) is 12.1 Å². The molecule has 1 unspecified atom stereocenters. The minimum Gasteiger partial charge on any atom is -0.390 e. The van der Waals surface area contributed by atoms with Crippen LogP contribution < -0.4 is 0 Å². The van der Waals surface area contributed by atoms with Crippen LogP contribution in [0.4, 0.5) is 0 Å². The first-order valence-electron chi connectivity index (χ1n) is 8.25. The summed E-state index contributed by atoms with van der Waals surface area (Å²) in [6.07, 6.45) is 4.27. The number of amides is 1. The molecular formula is C18H23ClN2O2. The van der Waals surface area contributed by atoms with Gasteiger partial charge in [0.15, 0.2) is 0 Å². The lowest BCUT2D eigenvalue weighted by atomic mass is 9.99. The van der Waals surface area contributed by atoms with E-state index >= 15 is 0 Å². The molecule has 0 saturated carbocycles. The third kappa shape index (κ3) is 4.34. The van der Waals surface area contributed by atoms with Crippen molar-refractivity contribution in [2.24, 2.45) is 0 Å². The smallest absolute Gasteiger partial charge is 0.222 e. The summed E-state index contributed by atoms with van der Waals surface area (Å²) < 4.78 is 0. The number of likely N-dealkylation sites (tertiary alicyclic amines) is 1. The molecule has 1 aromatic carbocycles. The molecule has 1 atom stereocenters. The molecule has 1 saturated heterocycles. The molecule has 1 amide bonds. The van der Waals surface area contributed by atoms with Gasteiger partial charge in [0.05, 0.1) is 6.10 Å². The van der Waals surface area contributed by atoms with Gasteiger partial charge in [-0.25, -0.2) is 0 Å². The second-order valence-electron chi connectivity index (χ2n) is 6.34. The maximum absolute atomic E-state index is 11.6. The Hall–Kier alpha value is -1.36. The number of β-amino-alcohol motifs (C(OH)–C–C–N with tert-alkyl or cyclic N) is 1. The molecule has 2 aliphatic heterocycles. The van der Waals surface area contributed by atoms with Crippen LogP contribution in [-0.2, 0) is 4.79 Å². The molecule has 3 rings (SSSR count). The van der Waals surface area contributed by atoms with Crippen LogP contribution in [0.3, 0.4) is 0 Å². The summed E-state index contributed by atoms with van der Waals surface area (Å²) in [7, 11) is 0. The number of benzene rings is 1. The molecule has 5 heteroatoms. The van der Waals surface area contributed by atoms with Gasteiger partial charge in [-0.2, -0.15) is 0 Å². The third-order valence-corrected chi connectivity index (χ3v) is 4.83. The zero-order chi connectivity index (χ0) is 16.2. The SMILES string of the molecule is O=C1CCCN1CC(O)CN1CC=C(c2ccc(Cl)cc2)CC1. The lowest BCUT2D eigenvalue weighted by Gasteiger charge is -2.29. The first-order valence-corrected chi connectivity index (χ1v) is 8.63. The van der Waals surface area contributed by atoms with E-state index < -0.39 is 6.10 Å². The second-order valence-corrected chi connectivity index (χ2v) is 6.78. The average Bonchev–Trinajstić information content (AvgIpc) is 2.94. The number of aliphatic hydroxyl groups is 1. The summed E-state index contributed by atoms with van der Waals surface area (Å²) in [4.78, 5) is 15.6. The summed E-state index contributed by atoms with van der Waals surface area (Å²) >= 11 is 5.93. The topological polar surface area (TPSA) is 43.8 Å². The summed E-state index contributed by atoms with van der Waals surface area (Å²) in [5, 5.41) is 11.0. The molecule has 1 aromatic rings. The van der Waals surface area contributed by atoms with Crippen molar-refractivity contribution < 1.29 is 9.90 Å². The standard InChI is InChI=1S/C18H23ClN2O2/c19-16-5-3-14(4-6-16)15-7-10-20(11-8-15)12-17(22)13-21-9-1-2-18(21)23/h3-7,17,22H,1-2,8-13H2. The fraction of sp³-hybridized carbons (Fsp3) is 0.500. The molecule has 0 aromatic heterocycles. The van der Waals surface area contributed by atoms with Gasteiger partial charge in [0.25, 0.3) is 0 Å². The van der Waals surface area contributed by atoms with Gasteiger partial charge >= 0.3 is 0 Å². The maximum atomic E-state index is 11.6. The Kier molecular flexibility index (Phi) is 5.36. The zero-order valence-corrected chi connectivity index (χ0v) is 14.0. The molecule has 0 spiro atoms. The Labute approximate surface area is 142 Å². The molecule has 2 heterocycles. The quantitative estimate of drug-likeness (QED) is 0.899. The molecule has 0 bridgehead atoms. The summed E-state index contributed by atoms with van der Waals surface area (Å²) in [6, 6.07) is 7.94.